The molecular formula is C8H11N3O4S2. The lowest BCUT2D eigenvalue weighted by atomic mass is 10.3. The zero-order valence-corrected chi connectivity index (χ0v) is 10.4. The van der Waals surface area contributed by atoms with Gasteiger partial charge in [-0.25, -0.2) is 18.2 Å². The molecular weight excluding hydrogens is 266 g/mol. The van der Waals surface area contributed by atoms with Crippen molar-refractivity contribution >= 4 is 27.3 Å². The standard InChI is InChI=1S/C8H11N3O4S2/c9-5-1-2-11(3-5)17(14,15)8-6(7(12)13)10-4-16-8/h4-5H,1-3,9H2,(H,12,13). The summed E-state index contributed by atoms with van der Waals surface area (Å²) < 4.78 is 25.3. The minimum Gasteiger partial charge on any atom is -0.476 e. The summed E-state index contributed by atoms with van der Waals surface area (Å²) in [6.45, 7) is 0.541. The Bertz CT molecular complexity index is 539. The van der Waals surface area contributed by atoms with Crippen molar-refractivity contribution in [3.8, 4) is 0 Å². The lowest BCUT2D eigenvalue weighted by molar-refractivity contribution is 0.0687. The minimum absolute atomic E-state index is 0.189. The Balaban J connectivity index is 2.38. The first-order valence-corrected chi connectivity index (χ1v) is 7.17. The highest BCUT2D eigenvalue weighted by molar-refractivity contribution is 7.91. The molecule has 94 valence electrons. The molecule has 0 saturated carbocycles. The SMILES string of the molecule is NC1CCN(S(=O)(=O)c2scnc2C(=O)O)C1. The van der Waals surface area contributed by atoms with Gasteiger partial charge >= 0.3 is 5.97 Å². The van der Waals surface area contributed by atoms with Crippen molar-refractivity contribution in [1.29, 1.82) is 0 Å². The number of hydrogen-bond donors (Lipinski definition) is 2. The smallest absolute Gasteiger partial charge is 0.356 e. The van der Waals surface area contributed by atoms with Gasteiger partial charge in [0.2, 0.25) is 0 Å². The Kier molecular flexibility index (Phi) is 3.17. The lowest BCUT2D eigenvalue weighted by Gasteiger charge is -2.14. The molecule has 1 aliphatic heterocycles. The van der Waals surface area contributed by atoms with E-state index in [-0.39, 0.29) is 16.8 Å². The molecule has 0 amide bonds. The van der Waals surface area contributed by atoms with E-state index < -0.39 is 21.7 Å². The monoisotopic (exact) mass is 277 g/mol. The first-order valence-electron chi connectivity index (χ1n) is 4.85. The predicted molar refractivity (Wildman–Crippen MR) is 60.4 cm³/mol. The van der Waals surface area contributed by atoms with Crippen LogP contribution in [0.5, 0.6) is 0 Å². The summed E-state index contributed by atoms with van der Waals surface area (Å²) in [6.07, 6.45) is 0.584. The molecule has 17 heavy (non-hydrogen) atoms. The zero-order valence-electron chi connectivity index (χ0n) is 8.74. The average Bonchev–Trinajstić information content (AvgIpc) is 2.84. The van der Waals surface area contributed by atoms with Gasteiger partial charge in [-0.15, -0.1) is 11.3 Å². The normalized spacial score (nSPS) is 21.8. The second-order valence-electron chi connectivity index (χ2n) is 3.71. The van der Waals surface area contributed by atoms with Crippen molar-refractivity contribution in [1.82, 2.24) is 9.29 Å². The number of aromatic nitrogens is 1. The third-order valence-corrected chi connectivity index (χ3v) is 5.71. The largest absolute Gasteiger partial charge is 0.476 e. The molecule has 3 N–H and O–H groups in total. The van der Waals surface area contributed by atoms with Crippen LogP contribution in [0.4, 0.5) is 0 Å². The van der Waals surface area contributed by atoms with Crippen LogP contribution in [0.25, 0.3) is 0 Å². The summed E-state index contributed by atoms with van der Waals surface area (Å²) in [6, 6.07) is -0.189. The molecule has 1 saturated heterocycles. The number of sulfonamides is 1. The first kappa shape index (κ1) is 12.4. The van der Waals surface area contributed by atoms with Crippen molar-refractivity contribution in [2.45, 2.75) is 16.7 Å². The van der Waals surface area contributed by atoms with E-state index >= 15 is 0 Å². The van der Waals surface area contributed by atoms with E-state index in [2.05, 4.69) is 4.98 Å². The molecule has 2 rings (SSSR count). The van der Waals surface area contributed by atoms with Crippen LogP contribution in [0.1, 0.15) is 16.9 Å². The van der Waals surface area contributed by atoms with Crippen LogP contribution in [0, 0.1) is 0 Å². The molecule has 2 heterocycles. The van der Waals surface area contributed by atoms with Gasteiger partial charge in [-0.05, 0) is 6.42 Å². The van der Waals surface area contributed by atoms with Crippen LogP contribution < -0.4 is 5.73 Å². The molecule has 1 aliphatic rings. The van der Waals surface area contributed by atoms with Crippen molar-refractivity contribution < 1.29 is 18.3 Å². The number of aromatic carboxylic acids is 1. The Morgan fingerprint density at radius 1 is 1.65 bits per heavy atom. The van der Waals surface area contributed by atoms with Crippen LogP contribution in [0.3, 0.4) is 0 Å². The van der Waals surface area contributed by atoms with Gasteiger partial charge in [0.25, 0.3) is 10.0 Å². The maximum atomic E-state index is 12.1. The number of carbonyl (C=O) groups is 1. The first-order chi connectivity index (χ1) is 7.93. The number of hydrogen-bond acceptors (Lipinski definition) is 6. The van der Waals surface area contributed by atoms with Crippen molar-refractivity contribution in [3.63, 3.8) is 0 Å². The topological polar surface area (TPSA) is 114 Å². The molecule has 0 aliphatic carbocycles. The van der Waals surface area contributed by atoms with Crippen LogP contribution in [-0.4, -0.2) is 47.9 Å². The van der Waals surface area contributed by atoms with E-state index in [1.54, 1.807) is 0 Å². The number of nitrogens with two attached hydrogens (primary N) is 1. The number of rotatable bonds is 3. The molecule has 1 aromatic rings. The summed E-state index contributed by atoms with van der Waals surface area (Å²) in [7, 11) is -3.78. The van der Waals surface area contributed by atoms with Gasteiger partial charge < -0.3 is 10.8 Å². The maximum absolute atomic E-state index is 12.1. The van der Waals surface area contributed by atoms with E-state index in [1.807, 2.05) is 0 Å². The summed E-state index contributed by atoms with van der Waals surface area (Å²) in [5.74, 6) is -1.34. The van der Waals surface area contributed by atoms with Crippen LogP contribution in [0.15, 0.2) is 9.72 Å². The number of thiazole rings is 1. The molecule has 1 aromatic heterocycles. The molecule has 1 unspecified atom stereocenters. The Morgan fingerprint density at radius 3 is 2.88 bits per heavy atom. The van der Waals surface area contributed by atoms with Gasteiger partial charge in [-0.3, -0.25) is 0 Å². The van der Waals surface area contributed by atoms with Gasteiger partial charge in [0.15, 0.2) is 9.90 Å². The molecule has 0 bridgehead atoms. The van der Waals surface area contributed by atoms with E-state index in [4.69, 9.17) is 10.8 Å². The molecule has 7 nitrogen and oxygen atoms in total. The molecule has 9 heteroatoms. The molecule has 1 fully saturated rings. The Labute approximate surface area is 102 Å². The lowest BCUT2D eigenvalue weighted by Crippen LogP contribution is -2.32. The molecule has 0 spiro atoms. The number of nitrogens with zero attached hydrogens (tertiary/aromatic N) is 2. The Morgan fingerprint density at radius 2 is 2.35 bits per heavy atom. The molecule has 0 aromatic carbocycles. The van der Waals surface area contributed by atoms with Crippen molar-refractivity contribution in [2.24, 2.45) is 5.73 Å². The zero-order chi connectivity index (χ0) is 12.6. The third-order valence-electron chi connectivity index (χ3n) is 2.50. The quantitative estimate of drug-likeness (QED) is 0.774. The molecule has 0 radical (unpaired) electrons. The number of carboxylic acids is 1. The van der Waals surface area contributed by atoms with Crippen molar-refractivity contribution in [3.05, 3.63) is 11.2 Å². The second-order valence-corrected chi connectivity index (χ2v) is 6.69. The highest BCUT2D eigenvalue weighted by atomic mass is 32.2. The van der Waals surface area contributed by atoms with Gasteiger partial charge in [0.05, 0.1) is 5.51 Å². The third kappa shape index (κ3) is 2.18. The fraction of sp³-hybridized carbons (Fsp3) is 0.500. The Hall–Kier alpha value is -1.03. The maximum Gasteiger partial charge on any atom is 0.356 e. The minimum atomic E-state index is -3.78. The summed E-state index contributed by atoms with van der Waals surface area (Å²) in [4.78, 5) is 14.4. The van der Waals surface area contributed by atoms with Crippen molar-refractivity contribution in [2.75, 3.05) is 13.1 Å². The fourth-order valence-electron chi connectivity index (χ4n) is 1.65. The summed E-state index contributed by atoms with van der Waals surface area (Å²) in [5, 5.41) is 8.85. The van der Waals surface area contributed by atoms with Gasteiger partial charge in [0, 0.05) is 19.1 Å². The average molecular weight is 277 g/mol. The summed E-state index contributed by atoms with van der Waals surface area (Å²) in [5.41, 5.74) is 6.43. The highest BCUT2D eigenvalue weighted by Gasteiger charge is 2.35. The summed E-state index contributed by atoms with van der Waals surface area (Å²) >= 11 is 0.811. The molecule has 1 atom stereocenters. The van der Waals surface area contributed by atoms with Gasteiger partial charge in [-0.1, -0.05) is 0 Å². The highest BCUT2D eigenvalue weighted by Crippen LogP contribution is 2.26. The number of carboxylic acid groups (broad SMARTS) is 1. The fourth-order valence-corrected chi connectivity index (χ4v) is 4.44. The predicted octanol–water partition coefficient (Wildman–Crippen LogP) is -0.437. The van der Waals surface area contributed by atoms with Gasteiger partial charge in [-0.2, -0.15) is 4.31 Å². The van der Waals surface area contributed by atoms with Gasteiger partial charge in [0.1, 0.15) is 0 Å². The van der Waals surface area contributed by atoms with E-state index in [0.29, 0.717) is 13.0 Å². The second kappa shape index (κ2) is 4.33. The van der Waals surface area contributed by atoms with E-state index in [1.165, 1.54) is 9.82 Å². The van der Waals surface area contributed by atoms with Crippen LogP contribution in [0.2, 0.25) is 0 Å². The van der Waals surface area contributed by atoms with Crippen LogP contribution in [-0.2, 0) is 10.0 Å². The van der Waals surface area contributed by atoms with E-state index in [9.17, 15) is 13.2 Å². The van der Waals surface area contributed by atoms with E-state index in [0.717, 1.165) is 11.3 Å². The van der Waals surface area contributed by atoms with Crippen LogP contribution >= 0.6 is 11.3 Å².